The largest absolute Gasteiger partial charge is 0.349 e. The molecule has 0 atom stereocenters. The summed E-state index contributed by atoms with van der Waals surface area (Å²) in [5, 5.41) is 2.83. The van der Waals surface area contributed by atoms with E-state index in [2.05, 4.69) is 20.2 Å². The predicted octanol–water partition coefficient (Wildman–Crippen LogP) is 1.44. The summed E-state index contributed by atoms with van der Waals surface area (Å²) in [6, 6.07) is 3.45. The van der Waals surface area contributed by atoms with Crippen LogP contribution in [0.3, 0.4) is 0 Å². The molecule has 1 aliphatic heterocycles. The van der Waals surface area contributed by atoms with E-state index in [1.807, 2.05) is 0 Å². The SMILES string of the molecule is O=C(NC1CCN(Cc2cc(F)cc(F)c2)CC1)c1cnc[nH]c1=O. The van der Waals surface area contributed by atoms with Gasteiger partial charge in [0.2, 0.25) is 0 Å². The molecule has 8 heteroatoms. The molecule has 0 spiro atoms. The summed E-state index contributed by atoms with van der Waals surface area (Å²) in [5.74, 6) is -1.61. The minimum Gasteiger partial charge on any atom is -0.349 e. The Labute approximate surface area is 142 Å². The molecule has 2 aromatic rings. The number of carbonyl (C=O) groups is 1. The van der Waals surface area contributed by atoms with Crippen molar-refractivity contribution >= 4 is 5.91 Å². The van der Waals surface area contributed by atoms with Crippen molar-refractivity contribution in [1.29, 1.82) is 0 Å². The maximum Gasteiger partial charge on any atom is 0.263 e. The lowest BCUT2D eigenvalue weighted by Crippen LogP contribution is -2.45. The Morgan fingerprint density at radius 2 is 1.92 bits per heavy atom. The van der Waals surface area contributed by atoms with E-state index in [0.29, 0.717) is 38.0 Å². The Hall–Kier alpha value is -2.61. The standard InChI is InChI=1S/C17H18F2N4O2/c18-12-5-11(6-13(19)7-12)9-23-3-1-14(2-4-23)22-17(25)15-8-20-10-21-16(15)24/h5-8,10,14H,1-4,9H2,(H,22,25)(H,20,21,24). The summed E-state index contributed by atoms with van der Waals surface area (Å²) in [5.41, 5.74) is 0.0973. The summed E-state index contributed by atoms with van der Waals surface area (Å²) in [6.45, 7) is 1.83. The zero-order valence-corrected chi connectivity index (χ0v) is 13.5. The second-order valence-corrected chi connectivity index (χ2v) is 6.10. The predicted molar refractivity (Wildman–Crippen MR) is 87.0 cm³/mol. The molecule has 0 bridgehead atoms. The molecule has 0 radical (unpaired) electrons. The maximum absolute atomic E-state index is 13.2. The summed E-state index contributed by atoms with van der Waals surface area (Å²) >= 11 is 0. The van der Waals surface area contributed by atoms with Gasteiger partial charge in [0, 0.05) is 37.9 Å². The van der Waals surface area contributed by atoms with Crippen molar-refractivity contribution in [3.05, 3.63) is 63.8 Å². The zero-order valence-electron chi connectivity index (χ0n) is 13.5. The van der Waals surface area contributed by atoms with Crippen LogP contribution in [0.4, 0.5) is 8.78 Å². The number of rotatable bonds is 4. The van der Waals surface area contributed by atoms with Gasteiger partial charge < -0.3 is 10.3 Å². The molecule has 2 heterocycles. The first-order valence-corrected chi connectivity index (χ1v) is 8.02. The number of H-pyrrole nitrogens is 1. The van der Waals surface area contributed by atoms with Crippen LogP contribution >= 0.6 is 0 Å². The fraction of sp³-hybridized carbons (Fsp3) is 0.353. The van der Waals surface area contributed by atoms with Crippen molar-refractivity contribution in [1.82, 2.24) is 20.2 Å². The number of halogens is 2. The zero-order chi connectivity index (χ0) is 17.8. The first-order chi connectivity index (χ1) is 12.0. The first kappa shape index (κ1) is 17.2. The highest BCUT2D eigenvalue weighted by atomic mass is 19.1. The Morgan fingerprint density at radius 1 is 1.24 bits per heavy atom. The van der Waals surface area contributed by atoms with E-state index in [9.17, 15) is 18.4 Å². The number of benzene rings is 1. The van der Waals surface area contributed by atoms with E-state index in [1.165, 1.54) is 24.7 Å². The number of amides is 1. The van der Waals surface area contributed by atoms with E-state index in [0.717, 1.165) is 6.07 Å². The average Bonchev–Trinajstić information content (AvgIpc) is 2.56. The summed E-state index contributed by atoms with van der Waals surface area (Å²) in [7, 11) is 0. The second-order valence-electron chi connectivity index (χ2n) is 6.10. The molecule has 0 aliphatic carbocycles. The van der Waals surface area contributed by atoms with Gasteiger partial charge in [-0.05, 0) is 30.5 Å². The number of aromatic amines is 1. The van der Waals surface area contributed by atoms with Gasteiger partial charge in [-0.15, -0.1) is 0 Å². The highest BCUT2D eigenvalue weighted by Gasteiger charge is 2.22. The minimum atomic E-state index is -0.584. The Morgan fingerprint density at radius 3 is 2.56 bits per heavy atom. The summed E-state index contributed by atoms with van der Waals surface area (Å²) in [4.78, 5) is 31.9. The maximum atomic E-state index is 13.2. The van der Waals surface area contributed by atoms with Crippen molar-refractivity contribution in [2.24, 2.45) is 0 Å². The number of nitrogens with zero attached hydrogens (tertiary/aromatic N) is 2. The fourth-order valence-electron chi connectivity index (χ4n) is 2.96. The third-order valence-electron chi connectivity index (χ3n) is 4.21. The number of likely N-dealkylation sites (tertiary alicyclic amines) is 1. The minimum absolute atomic E-state index is 0.0137. The van der Waals surface area contributed by atoms with Gasteiger partial charge in [0.1, 0.15) is 17.2 Å². The lowest BCUT2D eigenvalue weighted by molar-refractivity contribution is 0.0907. The molecule has 0 unspecified atom stereocenters. The Bertz CT molecular complexity index is 796. The van der Waals surface area contributed by atoms with Crippen LogP contribution in [0.5, 0.6) is 0 Å². The highest BCUT2D eigenvalue weighted by Crippen LogP contribution is 2.16. The van der Waals surface area contributed by atoms with Crippen LogP contribution in [-0.2, 0) is 6.54 Å². The average molecular weight is 348 g/mol. The molecule has 1 fully saturated rings. The van der Waals surface area contributed by atoms with E-state index in [-0.39, 0.29) is 11.6 Å². The van der Waals surface area contributed by atoms with E-state index < -0.39 is 23.1 Å². The molecule has 1 amide bonds. The molecule has 2 N–H and O–H groups in total. The van der Waals surface area contributed by atoms with Gasteiger partial charge in [-0.25, -0.2) is 13.8 Å². The van der Waals surface area contributed by atoms with Crippen molar-refractivity contribution in [2.75, 3.05) is 13.1 Å². The van der Waals surface area contributed by atoms with Crippen molar-refractivity contribution in [3.8, 4) is 0 Å². The van der Waals surface area contributed by atoms with Crippen LogP contribution in [0.25, 0.3) is 0 Å². The number of hydrogen-bond donors (Lipinski definition) is 2. The van der Waals surface area contributed by atoms with E-state index in [1.54, 1.807) is 0 Å². The molecule has 1 aromatic heterocycles. The topological polar surface area (TPSA) is 78.1 Å². The van der Waals surface area contributed by atoms with Crippen molar-refractivity contribution < 1.29 is 13.6 Å². The van der Waals surface area contributed by atoms with Gasteiger partial charge in [0.25, 0.3) is 11.5 Å². The molecular weight excluding hydrogens is 330 g/mol. The smallest absolute Gasteiger partial charge is 0.263 e. The monoisotopic (exact) mass is 348 g/mol. The lowest BCUT2D eigenvalue weighted by Gasteiger charge is -2.32. The highest BCUT2D eigenvalue weighted by molar-refractivity contribution is 5.93. The molecule has 0 saturated carbocycles. The molecule has 1 saturated heterocycles. The van der Waals surface area contributed by atoms with Gasteiger partial charge >= 0.3 is 0 Å². The summed E-state index contributed by atoms with van der Waals surface area (Å²) < 4.78 is 26.5. The van der Waals surface area contributed by atoms with Crippen LogP contribution < -0.4 is 10.9 Å². The molecule has 3 rings (SSSR count). The normalized spacial score (nSPS) is 15.9. The number of hydrogen-bond acceptors (Lipinski definition) is 4. The second kappa shape index (κ2) is 7.52. The molecule has 25 heavy (non-hydrogen) atoms. The third kappa shape index (κ3) is 4.48. The number of carbonyl (C=O) groups excluding carboxylic acids is 1. The fourth-order valence-corrected chi connectivity index (χ4v) is 2.96. The molecule has 1 aromatic carbocycles. The lowest BCUT2D eigenvalue weighted by atomic mass is 10.0. The summed E-state index contributed by atoms with van der Waals surface area (Å²) in [6.07, 6.45) is 3.86. The van der Waals surface area contributed by atoms with Crippen LogP contribution in [0.1, 0.15) is 28.8 Å². The number of nitrogens with one attached hydrogen (secondary N) is 2. The quantitative estimate of drug-likeness (QED) is 0.877. The number of aromatic nitrogens is 2. The van der Waals surface area contributed by atoms with Crippen LogP contribution in [-0.4, -0.2) is 39.9 Å². The first-order valence-electron chi connectivity index (χ1n) is 8.02. The van der Waals surface area contributed by atoms with Gasteiger partial charge in [-0.1, -0.05) is 0 Å². The third-order valence-corrected chi connectivity index (χ3v) is 4.21. The van der Waals surface area contributed by atoms with Gasteiger partial charge in [-0.2, -0.15) is 0 Å². The van der Waals surface area contributed by atoms with Crippen molar-refractivity contribution in [3.63, 3.8) is 0 Å². The number of piperidine rings is 1. The van der Waals surface area contributed by atoms with E-state index in [4.69, 9.17) is 0 Å². The van der Waals surface area contributed by atoms with E-state index >= 15 is 0 Å². The van der Waals surface area contributed by atoms with Gasteiger partial charge in [0.05, 0.1) is 6.33 Å². The Kier molecular flexibility index (Phi) is 5.18. The molecular formula is C17H18F2N4O2. The van der Waals surface area contributed by atoms with Gasteiger partial charge in [0.15, 0.2) is 0 Å². The Balaban J connectivity index is 1.53. The molecule has 1 aliphatic rings. The van der Waals surface area contributed by atoms with Crippen LogP contribution in [0, 0.1) is 11.6 Å². The van der Waals surface area contributed by atoms with Crippen LogP contribution in [0.15, 0.2) is 35.5 Å². The van der Waals surface area contributed by atoms with Gasteiger partial charge in [-0.3, -0.25) is 14.5 Å². The molecule has 132 valence electrons. The molecule has 6 nitrogen and oxygen atoms in total. The van der Waals surface area contributed by atoms with Crippen LogP contribution in [0.2, 0.25) is 0 Å². The van der Waals surface area contributed by atoms with Crippen molar-refractivity contribution in [2.45, 2.75) is 25.4 Å².